The lowest BCUT2D eigenvalue weighted by Crippen LogP contribution is -2.50. The molecule has 7 atom stereocenters. The van der Waals surface area contributed by atoms with Crippen molar-refractivity contribution in [1.82, 2.24) is 20.1 Å². The third-order valence-corrected chi connectivity index (χ3v) is 14.6. The zero-order valence-electron chi connectivity index (χ0n) is 39.8. The summed E-state index contributed by atoms with van der Waals surface area (Å²) in [5.74, 6) is -4.14. The Labute approximate surface area is 398 Å². The minimum atomic E-state index is -0.959. The van der Waals surface area contributed by atoms with Crippen LogP contribution < -0.4 is 5.32 Å². The molecule has 1 saturated heterocycles. The van der Waals surface area contributed by atoms with E-state index in [2.05, 4.69) is 34.6 Å². The lowest BCUT2D eigenvalue weighted by Gasteiger charge is -2.38. The molecular formula is C53H66N4O9S. The predicted octanol–water partition coefficient (Wildman–Crippen LogP) is 9.50. The third kappa shape index (κ3) is 12.6. The van der Waals surface area contributed by atoms with Crippen molar-refractivity contribution in [3.8, 4) is 11.1 Å². The summed E-state index contributed by atoms with van der Waals surface area (Å²) in [7, 11) is 1.72. The molecule has 1 aromatic heterocycles. The molecule has 2 heterocycles. The number of carbonyl (C=O) groups is 6. The van der Waals surface area contributed by atoms with E-state index in [1.807, 2.05) is 82.3 Å². The lowest BCUT2D eigenvalue weighted by atomic mass is 9.82. The first-order chi connectivity index (χ1) is 32.1. The number of esters is 1. The molecule has 3 aromatic carbocycles. The number of Topliss-reactive ketones (excluding diaryl/α,β-unsaturated/α-hetero) is 1. The Morgan fingerprint density at radius 1 is 0.896 bits per heavy atom. The summed E-state index contributed by atoms with van der Waals surface area (Å²) < 4.78 is 11.9. The van der Waals surface area contributed by atoms with Crippen molar-refractivity contribution in [1.29, 1.82) is 0 Å². The average molecular weight is 935 g/mol. The highest BCUT2D eigenvalue weighted by molar-refractivity contribution is 7.09. The number of hydrogen-bond donors (Lipinski definition) is 2. The predicted molar refractivity (Wildman–Crippen MR) is 257 cm³/mol. The van der Waals surface area contributed by atoms with Gasteiger partial charge in [-0.3, -0.25) is 28.9 Å². The van der Waals surface area contributed by atoms with E-state index in [1.54, 1.807) is 29.2 Å². The van der Waals surface area contributed by atoms with Crippen LogP contribution in [0.15, 0.2) is 84.2 Å². The monoisotopic (exact) mass is 934 g/mol. The SMILES string of the molecule is CC[C@H](C)[C@H](CC(=O)[C@H]1CCCCN1C(=O)OCC1c2ccccc2-c2ccccc21)C(=O)N(C)[C@H](C[C@@H](OC(C)=O)c1nc(C(=O)N[C@@H](Cc2ccccc2)C[C@H](C)C(=O)O)cs1)C(C)C. The number of thiazole rings is 1. The largest absolute Gasteiger partial charge is 0.481 e. The maximum Gasteiger partial charge on any atom is 0.410 e. The number of aromatic nitrogens is 1. The number of fused-ring (bicyclic) bond motifs is 3. The summed E-state index contributed by atoms with van der Waals surface area (Å²) in [4.78, 5) is 88.8. The van der Waals surface area contributed by atoms with Gasteiger partial charge in [-0.2, -0.15) is 0 Å². The Kier molecular flexibility index (Phi) is 17.5. The second-order valence-electron chi connectivity index (χ2n) is 18.7. The van der Waals surface area contributed by atoms with Gasteiger partial charge in [0.25, 0.3) is 5.91 Å². The summed E-state index contributed by atoms with van der Waals surface area (Å²) in [5.41, 5.74) is 5.52. The van der Waals surface area contributed by atoms with Gasteiger partial charge in [-0.15, -0.1) is 11.3 Å². The van der Waals surface area contributed by atoms with E-state index in [0.717, 1.165) is 52.0 Å². The summed E-state index contributed by atoms with van der Waals surface area (Å²) in [6.45, 7) is 11.3. The molecule has 6 rings (SSSR count). The van der Waals surface area contributed by atoms with Crippen LogP contribution >= 0.6 is 11.3 Å². The van der Waals surface area contributed by atoms with Crippen LogP contribution in [0.1, 0.15) is 131 Å². The Bertz CT molecular complexity index is 2320. The van der Waals surface area contributed by atoms with Crippen LogP contribution in [0.2, 0.25) is 0 Å². The van der Waals surface area contributed by atoms with Gasteiger partial charge in [0.05, 0.1) is 12.0 Å². The van der Waals surface area contributed by atoms with Crippen LogP contribution in [0.4, 0.5) is 4.79 Å². The third-order valence-electron chi connectivity index (χ3n) is 13.6. The van der Waals surface area contributed by atoms with E-state index >= 15 is 0 Å². The van der Waals surface area contributed by atoms with Gasteiger partial charge in [0.15, 0.2) is 11.9 Å². The maximum atomic E-state index is 14.7. The lowest BCUT2D eigenvalue weighted by molar-refractivity contribution is -0.149. The number of piperidine rings is 1. The van der Waals surface area contributed by atoms with Gasteiger partial charge in [0.1, 0.15) is 17.3 Å². The first-order valence-electron chi connectivity index (χ1n) is 23.7. The molecule has 0 radical (unpaired) electrons. The van der Waals surface area contributed by atoms with Gasteiger partial charge < -0.3 is 24.8 Å². The molecule has 0 bridgehead atoms. The van der Waals surface area contributed by atoms with Crippen molar-refractivity contribution in [2.75, 3.05) is 20.2 Å². The minimum absolute atomic E-state index is 0.0460. The number of carbonyl (C=O) groups excluding carboxylic acids is 5. The fraction of sp³-hybridized carbons (Fsp3) is 0.491. The quantitative estimate of drug-likeness (QED) is 0.0767. The van der Waals surface area contributed by atoms with Gasteiger partial charge in [0, 0.05) is 62.7 Å². The highest BCUT2D eigenvalue weighted by Crippen LogP contribution is 2.44. The molecule has 2 aliphatic rings. The molecule has 14 heteroatoms. The van der Waals surface area contributed by atoms with Gasteiger partial charge in [-0.1, -0.05) is 120 Å². The molecule has 1 fully saturated rings. The summed E-state index contributed by atoms with van der Waals surface area (Å²) in [5, 5.41) is 14.6. The van der Waals surface area contributed by atoms with Gasteiger partial charge in [-0.05, 0) is 71.8 Å². The molecule has 3 amide bonds. The minimum Gasteiger partial charge on any atom is -0.481 e. The number of aliphatic carboxylic acids is 1. The summed E-state index contributed by atoms with van der Waals surface area (Å²) in [6, 6.07) is 24.1. The molecule has 0 unspecified atom stereocenters. The van der Waals surface area contributed by atoms with Crippen molar-refractivity contribution in [3.63, 3.8) is 0 Å². The van der Waals surface area contributed by atoms with E-state index in [0.29, 0.717) is 30.8 Å². The van der Waals surface area contributed by atoms with Crippen LogP contribution in [-0.2, 0) is 35.1 Å². The highest BCUT2D eigenvalue weighted by atomic mass is 32.1. The van der Waals surface area contributed by atoms with Crippen LogP contribution in [-0.4, -0.2) is 93.8 Å². The molecule has 358 valence electrons. The summed E-state index contributed by atoms with van der Waals surface area (Å²) in [6.07, 6.45) is 2.00. The molecule has 0 spiro atoms. The number of hydrogen-bond acceptors (Lipinski definition) is 10. The van der Waals surface area contributed by atoms with Crippen molar-refractivity contribution < 1.29 is 43.3 Å². The Morgan fingerprint density at radius 2 is 1.54 bits per heavy atom. The number of carboxylic acids is 1. The molecule has 4 aromatic rings. The molecule has 0 saturated carbocycles. The van der Waals surface area contributed by atoms with Crippen LogP contribution in [0, 0.1) is 23.7 Å². The molecule has 2 N–H and O–H groups in total. The second kappa shape index (κ2) is 23.2. The Morgan fingerprint density at radius 3 is 2.15 bits per heavy atom. The number of rotatable bonds is 21. The highest BCUT2D eigenvalue weighted by Gasteiger charge is 2.40. The normalized spacial score (nSPS) is 17.3. The maximum absolute atomic E-state index is 14.7. The van der Waals surface area contributed by atoms with E-state index in [1.165, 1.54) is 6.92 Å². The number of nitrogens with one attached hydrogen (secondary N) is 1. The second-order valence-corrected chi connectivity index (χ2v) is 19.6. The number of benzene rings is 3. The number of likely N-dealkylation sites (tertiary alicyclic amines) is 1. The number of ketones is 1. The van der Waals surface area contributed by atoms with Gasteiger partial charge in [-0.25, -0.2) is 9.78 Å². The van der Waals surface area contributed by atoms with Crippen LogP contribution in [0.25, 0.3) is 11.1 Å². The number of amides is 3. The molecular weight excluding hydrogens is 869 g/mol. The van der Waals surface area contributed by atoms with Crippen molar-refractivity contribution in [3.05, 3.63) is 112 Å². The van der Waals surface area contributed by atoms with E-state index in [9.17, 15) is 33.9 Å². The topological polar surface area (TPSA) is 173 Å². The average Bonchev–Trinajstić information content (AvgIpc) is 3.94. The van der Waals surface area contributed by atoms with Crippen molar-refractivity contribution >= 4 is 47.0 Å². The van der Waals surface area contributed by atoms with Crippen molar-refractivity contribution in [2.24, 2.45) is 23.7 Å². The molecule has 67 heavy (non-hydrogen) atoms. The molecule has 13 nitrogen and oxygen atoms in total. The van der Waals surface area contributed by atoms with Crippen molar-refractivity contribution in [2.45, 2.75) is 123 Å². The first kappa shape index (κ1) is 50.5. The van der Waals surface area contributed by atoms with Crippen LogP contribution in [0.5, 0.6) is 0 Å². The fourth-order valence-electron chi connectivity index (χ4n) is 9.67. The number of carboxylic acid groups (broad SMARTS) is 1. The van der Waals surface area contributed by atoms with Gasteiger partial charge >= 0.3 is 18.0 Å². The zero-order chi connectivity index (χ0) is 48.4. The first-order valence-corrected chi connectivity index (χ1v) is 24.6. The van der Waals surface area contributed by atoms with E-state index in [-0.39, 0.29) is 61.0 Å². The summed E-state index contributed by atoms with van der Waals surface area (Å²) >= 11 is 1.16. The molecule has 1 aliphatic heterocycles. The smallest absolute Gasteiger partial charge is 0.410 e. The Balaban J connectivity index is 1.14. The number of nitrogens with zero attached hydrogens (tertiary/aromatic N) is 3. The van der Waals surface area contributed by atoms with E-state index in [4.69, 9.17) is 9.47 Å². The molecule has 1 aliphatic carbocycles. The Hall–Kier alpha value is -5.89. The number of ether oxygens (including phenoxy) is 2. The van der Waals surface area contributed by atoms with Crippen LogP contribution in [0.3, 0.4) is 0 Å². The standard InChI is InChI=1S/C53H66N4O9S/c1-8-33(4)42(28-47(59)45-24-16-17-25-57(45)53(64)65-30-43-40-22-14-12-20-38(40)39-21-13-15-23-41(39)43)51(61)56(7)46(32(2)3)29-48(66-35(6)58)50-55-44(31-67-50)49(60)54-37(26-34(5)52(62)63)27-36-18-10-9-11-19-36/h9-15,18-23,31-34,37,42-43,45-46,48H,8,16-17,24-30H2,1-7H3,(H,54,60)(H,62,63)/t33-,34-,37+,42-,45+,46+,48+/m0/s1. The van der Waals surface area contributed by atoms with E-state index < -0.39 is 60.0 Å². The zero-order valence-corrected chi connectivity index (χ0v) is 40.6. The fourth-order valence-corrected chi connectivity index (χ4v) is 10.5. The van der Waals surface area contributed by atoms with Gasteiger partial charge in [0.2, 0.25) is 5.91 Å².